The maximum Gasteiger partial charge on any atom is 0.338 e. The van der Waals surface area contributed by atoms with E-state index in [0.29, 0.717) is 17.8 Å². The van der Waals surface area contributed by atoms with E-state index in [9.17, 15) is 9.59 Å². The molecule has 0 bridgehead atoms. The van der Waals surface area contributed by atoms with Crippen LogP contribution in [0.1, 0.15) is 15.9 Å². The lowest BCUT2D eigenvalue weighted by Gasteiger charge is -2.07. The van der Waals surface area contributed by atoms with Gasteiger partial charge < -0.3 is 15.8 Å². The first-order chi connectivity index (χ1) is 10.6. The summed E-state index contributed by atoms with van der Waals surface area (Å²) in [6, 6.07) is 16.2. The Morgan fingerprint density at radius 3 is 2.36 bits per heavy atom. The topological polar surface area (TPSA) is 81.4 Å². The Balaban J connectivity index is 1.69. The molecule has 0 aliphatic heterocycles. The van der Waals surface area contributed by atoms with Crippen molar-refractivity contribution in [2.45, 2.75) is 6.42 Å². The molecule has 3 N–H and O–H groups in total. The first-order valence-corrected chi connectivity index (χ1v) is 6.98. The highest BCUT2D eigenvalue weighted by Gasteiger charge is 2.09. The standard InChI is InChI=1S/C17H18N2O3/c18-15-8-6-14(7-9-15)17(21)22-12-16(20)19-11-10-13-4-2-1-3-5-13/h1-9H,10-12,18H2,(H,19,20). The minimum absolute atomic E-state index is 0.294. The number of carbonyl (C=O) groups excluding carboxylic acids is 2. The van der Waals surface area contributed by atoms with E-state index in [4.69, 9.17) is 10.5 Å². The van der Waals surface area contributed by atoms with Crippen molar-refractivity contribution in [3.05, 3.63) is 65.7 Å². The van der Waals surface area contributed by atoms with Crippen molar-refractivity contribution in [2.75, 3.05) is 18.9 Å². The van der Waals surface area contributed by atoms with Gasteiger partial charge in [-0.3, -0.25) is 4.79 Å². The van der Waals surface area contributed by atoms with E-state index in [2.05, 4.69) is 5.32 Å². The number of nitrogen functional groups attached to an aromatic ring is 1. The lowest BCUT2D eigenvalue weighted by atomic mass is 10.1. The minimum Gasteiger partial charge on any atom is -0.452 e. The zero-order chi connectivity index (χ0) is 15.8. The number of hydrogen-bond donors (Lipinski definition) is 2. The van der Waals surface area contributed by atoms with Crippen molar-refractivity contribution in [2.24, 2.45) is 0 Å². The second-order valence-corrected chi connectivity index (χ2v) is 4.78. The average molecular weight is 298 g/mol. The summed E-state index contributed by atoms with van der Waals surface area (Å²) in [4.78, 5) is 23.3. The van der Waals surface area contributed by atoms with Gasteiger partial charge in [0.15, 0.2) is 6.61 Å². The molecular formula is C17H18N2O3. The summed E-state index contributed by atoms with van der Waals surface area (Å²) in [5, 5.41) is 2.71. The molecule has 0 heterocycles. The smallest absolute Gasteiger partial charge is 0.338 e. The van der Waals surface area contributed by atoms with Gasteiger partial charge in [0, 0.05) is 12.2 Å². The van der Waals surface area contributed by atoms with Crippen LogP contribution in [0.15, 0.2) is 54.6 Å². The van der Waals surface area contributed by atoms with Crippen LogP contribution in [0.2, 0.25) is 0 Å². The number of rotatable bonds is 6. The number of anilines is 1. The number of hydrogen-bond acceptors (Lipinski definition) is 4. The Kier molecular flexibility index (Phi) is 5.54. The predicted molar refractivity (Wildman–Crippen MR) is 84.3 cm³/mol. The summed E-state index contributed by atoms with van der Waals surface area (Å²) in [7, 11) is 0. The van der Waals surface area contributed by atoms with Crippen LogP contribution in [0, 0.1) is 0 Å². The molecule has 0 fully saturated rings. The summed E-state index contributed by atoms with van der Waals surface area (Å²) < 4.78 is 4.94. The molecule has 0 spiro atoms. The zero-order valence-electron chi connectivity index (χ0n) is 12.1. The number of benzene rings is 2. The van der Waals surface area contributed by atoms with Crippen LogP contribution < -0.4 is 11.1 Å². The molecule has 1 amide bonds. The van der Waals surface area contributed by atoms with Gasteiger partial charge in [-0.1, -0.05) is 30.3 Å². The van der Waals surface area contributed by atoms with E-state index >= 15 is 0 Å². The number of nitrogens with one attached hydrogen (secondary N) is 1. The van der Waals surface area contributed by atoms with Crippen molar-refractivity contribution >= 4 is 17.6 Å². The fourth-order valence-corrected chi connectivity index (χ4v) is 1.88. The van der Waals surface area contributed by atoms with E-state index < -0.39 is 5.97 Å². The van der Waals surface area contributed by atoms with E-state index in [-0.39, 0.29) is 12.5 Å². The van der Waals surface area contributed by atoms with Crippen molar-refractivity contribution in [3.63, 3.8) is 0 Å². The molecule has 0 atom stereocenters. The minimum atomic E-state index is -0.543. The maximum absolute atomic E-state index is 11.7. The van der Waals surface area contributed by atoms with Crippen LogP contribution in [0.4, 0.5) is 5.69 Å². The fraction of sp³-hybridized carbons (Fsp3) is 0.176. The normalized spacial score (nSPS) is 10.0. The van der Waals surface area contributed by atoms with Crippen LogP contribution in [-0.2, 0) is 16.0 Å². The van der Waals surface area contributed by atoms with E-state index in [1.165, 1.54) is 0 Å². The highest BCUT2D eigenvalue weighted by Crippen LogP contribution is 2.06. The third kappa shape index (κ3) is 4.94. The van der Waals surface area contributed by atoms with Gasteiger partial charge >= 0.3 is 5.97 Å². The quantitative estimate of drug-likeness (QED) is 0.629. The van der Waals surface area contributed by atoms with Crippen LogP contribution in [-0.4, -0.2) is 25.0 Å². The monoisotopic (exact) mass is 298 g/mol. The number of ether oxygens (including phenoxy) is 1. The first kappa shape index (κ1) is 15.6. The van der Waals surface area contributed by atoms with Gasteiger partial charge in [-0.15, -0.1) is 0 Å². The Hall–Kier alpha value is -2.82. The summed E-state index contributed by atoms with van der Waals surface area (Å²) in [5.74, 6) is -0.863. The van der Waals surface area contributed by atoms with Crippen molar-refractivity contribution in [3.8, 4) is 0 Å². The lowest BCUT2D eigenvalue weighted by Crippen LogP contribution is -2.30. The van der Waals surface area contributed by atoms with E-state index in [1.807, 2.05) is 30.3 Å². The molecule has 0 radical (unpaired) electrons. The number of amides is 1. The zero-order valence-corrected chi connectivity index (χ0v) is 12.1. The van der Waals surface area contributed by atoms with E-state index in [0.717, 1.165) is 12.0 Å². The third-order valence-corrected chi connectivity index (χ3v) is 3.06. The molecule has 22 heavy (non-hydrogen) atoms. The van der Waals surface area contributed by atoms with Crippen LogP contribution in [0.3, 0.4) is 0 Å². The second-order valence-electron chi connectivity index (χ2n) is 4.78. The fourth-order valence-electron chi connectivity index (χ4n) is 1.88. The molecule has 2 aromatic carbocycles. The largest absolute Gasteiger partial charge is 0.452 e. The third-order valence-electron chi connectivity index (χ3n) is 3.06. The number of carbonyl (C=O) groups is 2. The van der Waals surface area contributed by atoms with Gasteiger partial charge in [0.2, 0.25) is 0 Å². The van der Waals surface area contributed by atoms with Crippen molar-refractivity contribution < 1.29 is 14.3 Å². The highest BCUT2D eigenvalue weighted by molar-refractivity contribution is 5.91. The van der Waals surface area contributed by atoms with Crippen molar-refractivity contribution in [1.29, 1.82) is 0 Å². The molecule has 0 aromatic heterocycles. The molecule has 114 valence electrons. The van der Waals surface area contributed by atoms with Gasteiger partial charge in [0.25, 0.3) is 5.91 Å². The lowest BCUT2D eigenvalue weighted by molar-refractivity contribution is -0.124. The van der Waals surface area contributed by atoms with Crippen LogP contribution in [0.5, 0.6) is 0 Å². The molecule has 2 rings (SSSR count). The van der Waals surface area contributed by atoms with Crippen molar-refractivity contribution in [1.82, 2.24) is 5.32 Å². The first-order valence-electron chi connectivity index (χ1n) is 6.98. The molecule has 0 aliphatic rings. The SMILES string of the molecule is Nc1ccc(C(=O)OCC(=O)NCCc2ccccc2)cc1. The Morgan fingerprint density at radius 2 is 1.68 bits per heavy atom. The summed E-state index contributed by atoms with van der Waals surface area (Å²) in [6.45, 7) is 0.209. The van der Waals surface area contributed by atoms with Gasteiger partial charge in [0.1, 0.15) is 0 Å². The molecule has 0 aliphatic carbocycles. The Bertz CT molecular complexity index is 624. The molecule has 5 nitrogen and oxygen atoms in total. The molecular weight excluding hydrogens is 280 g/mol. The molecule has 0 unspecified atom stereocenters. The van der Waals surface area contributed by atoms with Crippen LogP contribution >= 0.6 is 0 Å². The maximum atomic E-state index is 11.7. The van der Waals surface area contributed by atoms with Gasteiger partial charge in [-0.25, -0.2) is 4.79 Å². The average Bonchev–Trinajstić information content (AvgIpc) is 2.54. The number of nitrogens with two attached hydrogens (primary N) is 1. The van der Waals surface area contributed by atoms with Gasteiger partial charge in [-0.05, 0) is 36.2 Å². The summed E-state index contributed by atoms with van der Waals surface area (Å²) in [6.07, 6.45) is 0.735. The molecule has 0 saturated carbocycles. The number of esters is 1. The van der Waals surface area contributed by atoms with E-state index in [1.54, 1.807) is 24.3 Å². The van der Waals surface area contributed by atoms with Crippen LogP contribution in [0.25, 0.3) is 0 Å². The summed E-state index contributed by atoms with van der Waals surface area (Å²) in [5.41, 5.74) is 7.61. The van der Waals surface area contributed by atoms with Gasteiger partial charge in [0.05, 0.1) is 5.56 Å². The summed E-state index contributed by atoms with van der Waals surface area (Å²) >= 11 is 0. The molecule has 2 aromatic rings. The Labute approximate surface area is 129 Å². The molecule has 0 saturated heterocycles. The Morgan fingerprint density at radius 1 is 1.00 bits per heavy atom. The molecule has 5 heteroatoms. The second kappa shape index (κ2) is 7.83. The predicted octanol–water partition coefficient (Wildman–Crippen LogP) is 1.78. The van der Waals surface area contributed by atoms with Gasteiger partial charge in [-0.2, -0.15) is 0 Å². The highest BCUT2D eigenvalue weighted by atomic mass is 16.5.